The first kappa shape index (κ1) is 20.6. The summed E-state index contributed by atoms with van der Waals surface area (Å²) in [5, 5.41) is 10.2. The van der Waals surface area contributed by atoms with E-state index in [1.54, 1.807) is 54.6 Å². The standard InChI is InChI=1S/C25H23FN2O3/c26-21-13-12-18(16-10-11-16)14-19(21)15-28(25(31)20-8-4-5-9-22(20)29)23(24(27)30)17-6-2-1-3-7-17/h1-9,12-14,16,23,29H,10-11,15H2,(H2,27,30)/t23-/m1/s1. The topological polar surface area (TPSA) is 83.6 Å². The first-order valence-corrected chi connectivity index (χ1v) is 10.2. The number of carbonyl (C=O) groups excluding carboxylic acids is 2. The fraction of sp³-hybridized carbons (Fsp3) is 0.200. The van der Waals surface area contributed by atoms with Crippen LogP contribution in [-0.2, 0) is 11.3 Å². The molecule has 31 heavy (non-hydrogen) atoms. The van der Waals surface area contributed by atoms with Gasteiger partial charge in [0.05, 0.1) is 12.1 Å². The van der Waals surface area contributed by atoms with Gasteiger partial charge in [-0.25, -0.2) is 4.39 Å². The molecule has 1 saturated carbocycles. The van der Waals surface area contributed by atoms with Crippen molar-refractivity contribution in [2.75, 3.05) is 0 Å². The Labute approximate surface area is 179 Å². The molecule has 0 radical (unpaired) electrons. The minimum absolute atomic E-state index is 0.0171. The second-order valence-corrected chi connectivity index (χ2v) is 7.79. The van der Waals surface area contributed by atoms with E-state index in [1.807, 2.05) is 0 Å². The zero-order chi connectivity index (χ0) is 22.0. The maximum absolute atomic E-state index is 14.7. The highest BCUT2D eigenvalue weighted by Gasteiger charge is 2.33. The molecule has 1 aliphatic rings. The third-order valence-electron chi connectivity index (χ3n) is 5.55. The minimum Gasteiger partial charge on any atom is -0.507 e. The number of hydrogen-bond donors (Lipinski definition) is 2. The molecule has 1 atom stereocenters. The average Bonchev–Trinajstić information content (AvgIpc) is 3.60. The van der Waals surface area contributed by atoms with Crippen LogP contribution >= 0.6 is 0 Å². The predicted octanol–water partition coefficient (Wildman–Crippen LogP) is 4.28. The lowest BCUT2D eigenvalue weighted by molar-refractivity contribution is -0.122. The fourth-order valence-electron chi connectivity index (χ4n) is 3.79. The van der Waals surface area contributed by atoms with Gasteiger partial charge in [0.1, 0.15) is 17.6 Å². The van der Waals surface area contributed by atoms with Gasteiger partial charge in [-0.05, 0) is 48.1 Å². The predicted molar refractivity (Wildman–Crippen MR) is 115 cm³/mol. The van der Waals surface area contributed by atoms with Crippen molar-refractivity contribution in [1.82, 2.24) is 4.90 Å². The van der Waals surface area contributed by atoms with Crippen molar-refractivity contribution in [3.63, 3.8) is 0 Å². The van der Waals surface area contributed by atoms with Crippen molar-refractivity contribution in [3.05, 3.63) is 101 Å². The van der Waals surface area contributed by atoms with Crippen molar-refractivity contribution < 1.29 is 19.1 Å². The SMILES string of the molecule is NC(=O)[C@@H](c1ccccc1)N(Cc1cc(C2CC2)ccc1F)C(=O)c1ccccc1O. The summed E-state index contributed by atoms with van der Waals surface area (Å²) in [4.78, 5) is 27.2. The largest absolute Gasteiger partial charge is 0.507 e. The fourth-order valence-corrected chi connectivity index (χ4v) is 3.79. The molecule has 0 spiro atoms. The number of para-hydroxylation sites is 1. The molecular weight excluding hydrogens is 395 g/mol. The van der Waals surface area contributed by atoms with E-state index in [4.69, 9.17) is 5.73 Å². The monoisotopic (exact) mass is 418 g/mol. The average molecular weight is 418 g/mol. The van der Waals surface area contributed by atoms with Crippen LogP contribution in [0.5, 0.6) is 5.75 Å². The van der Waals surface area contributed by atoms with Crippen molar-refractivity contribution >= 4 is 11.8 Å². The number of amides is 2. The summed E-state index contributed by atoms with van der Waals surface area (Å²) < 4.78 is 14.7. The smallest absolute Gasteiger partial charge is 0.258 e. The lowest BCUT2D eigenvalue weighted by Gasteiger charge is -2.31. The molecule has 6 heteroatoms. The molecule has 3 aromatic rings. The number of phenols is 1. The van der Waals surface area contributed by atoms with Crippen LogP contribution in [0.4, 0.5) is 4.39 Å². The number of aromatic hydroxyl groups is 1. The van der Waals surface area contributed by atoms with Gasteiger partial charge in [0.15, 0.2) is 0 Å². The number of phenolic OH excluding ortho intramolecular Hbond substituents is 1. The molecule has 0 bridgehead atoms. The molecule has 1 fully saturated rings. The van der Waals surface area contributed by atoms with Crippen LogP contribution in [0.1, 0.15) is 51.8 Å². The molecule has 0 unspecified atom stereocenters. The van der Waals surface area contributed by atoms with Crippen LogP contribution in [0.3, 0.4) is 0 Å². The zero-order valence-corrected chi connectivity index (χ0v) is 16.9. The molecule has 4 rings (SSSR count). The lowest BCUT2D eigenvalue weighted by atomic mass is 10.0. The summed E-state index contributed by atoms with van der Waals surface area (Å²) in [5.41, 5.74) is 7.56. The van der Waals surface area contributed by atoms with Gasteiger partial charge < -0.3 is 15.7 Å². The van der Waals surface area contributed by atoms with E-state index >= 15 is 0 Å². The Balaban J connectivity index is 1.79. The maximum Gasteiger partial charge on any atom is 0.258 e. The number of hydrogen-bond acceptors (Lipinski definition) is 3. The van der Waals surface area contributed by atoms with Crippen LogP contribution in [0.25, 0.3) is 0 Å². The zero-order valence-electron chi connectivity index (χ0n) is 16.9. The van der Waals surface area contributed by atoms with E-state index in [0.29, 0.717) is 17.0 Å². The van der Waals surface area contributed by atoms with Gasteiger partial charge >= 0.3 is 0 Å². The Morgan fingerprint density at radius 3 is 2.35 bits per heavy atom. The molecule has 1 aliphatic carbocycles. The van der Waals surface area contributed by atoms with Gasteiger partial charge in [0.2, 0.25) is 5.91 Å². The van der Waals surface area contributed by atoms with Crippen LogP contribution < -0.4 is 5.73 Å². The Hall–Kier alpha value is -3.67. The van der Waals surface area contributed by atoms with Gasteiger partial charge in [-0.2, -0.15) is 0 Å². The summed E-state index contributed by atoms with van der Waals surface area (Å²) in [6.45, 7) is -0.165. The van der Waals surface area contributed by atoms with Crippen LogP contribution in [0.2, 0.25) is 0 Å². The van der Waals surface area contributed by atoms with Gasteiger partial charge in [-0.3, -0.25) is 9.59 Å². The van der Waals surface area contributed by atoms with Crippen LogP contribution in [0.15, 0.2) is 72.8 Å². The number of primary amides is 1. The molecule has 0 saturated heterocycles. The molecule has 0 aliphatic heterocycles. The van der Waals surface area contributed by atoms with Crippen molar-refractivity contribution in [3.8, 4) is 5.75 Å². The summed E-state index contributed by atoms with van der Waals surface area (Å²) in [5.74, 6) is -1.63. The maximum atomic E-state index is 14.7. The van der Waals surface area contributed by atoms with E-state index < -0.39 is 23.7 Å². The van der Waals surface area contributed by atoms with Gasteiger partial charge in [0.25, 0.3) is 5.91 Å². The van der Waals surface area contributed by atoms with Crippen molar-refractivity contribution in [1.29, 1.82) is 0 Å². The van der Waals surface area contributed by atoms with E-state index in [2.05, 4.69) is 0 Å². The number of nitrogens with zero attached hydrogens (tertiary/aromatic N) is 1. The molecule has 0 heterocycles. The van der Waals surface area contributed by atoms with E-state index in [9.17, 15) is 19.1 Å². The van der Waals surface area contributed by atoms with Gasteiger partial charge in [0, 0.05) is 5.56 Å². The summed E-state index contributed by atoms with van der Waals surface area (Å²) in [7, 11) is 0. The Kier molecular flexibility index (Phi) is 5.71. The van der Waals surface area contributed by atoms with E-state index in [-0.39, 0.29) is 17.9 Å². The lowest BCUT2D eigenvalue weighted by Crippen LogP contribution is -2.41. The Bertz CT molecular complexity index is 1110. The highest BCUT2D eigenvalue weighted by Crippen LogP contribution is 2.40. The normalized spacial score (nSPS) is 14.1. The molecule has 3 N–H and O–H groups in total. The summed E-state index contributed by atoms with van der Waals surface area (Å²) in [6.07, 6.45) is 2.11. The number of halogens is 1. The highest BCUT2D eigenvalue weighted by atomic mass is 19.1. The second-order valence-electron chi connectivity index (χ2n) is 7.79. The molecule has 3 aromatic carbocycles. The van der Waals surface area contributed by atoms with E-state index in [1.165, 1.54) is 23.1 Å². The highest BCUT2D eigenvalue weighted by molar-refractivity contribution is 5.99. The van der Waals surface area contributed by atoms with Gasteiger partial charge in [-0.15, -0.1) is 0 Å². The van der Waals surface area contributed by atoms with Crippen molar-refractivity contribution in [2.45, 2.75) is 31.3 Å². The molecule has 5 nitrogen and oxygen atoms in total. The Morgan fingerprint density at radius 1 is 1.03 bits per heavy atom. The van der Waals surface area contributed by atoms with Crippen LogP contribution in [-0.4, -0.2) is 21.8 Å². The molecular formula is C25H23FN2O3. The third kappa shape index (κ3) is 4.43. The summed E-state index contributed by atoms with van der Waals surface area (Å²) >= 11 is 0. The second kappa shape index (κ2) is 8.60. The third-order valence-corrected chi connectivity index (χ3v) is 5.55. The summed E-state index contributed by atoms with van der Waals surface area (Å²) in [6, 6.07) is 18.5. The number of rotatable bonds is 7. The molecule has 0 aromatic heterocycles. The molecule has 158 valence electrons. The van der Waals surface area contributed by atoms with E-state index in [0.717, 1.165) is 18.4 Å². The first-order chi connectivity index (χ1) is 15.0. The number of nitrogens with two attached hydrogens (primary N) is 1. The van der Waals surface area contributed by atoms with Crippen molar-refractivity contribution in [2.24, 2.45) is 5.73 Å². The van der Waals surface area contributed by atoms with Gasteiger partial charge in [-0.1, -0.05) is 54.6 Å². The Morgan fingerprint density at radius 2 is 1.71 bits per heavy atom. The quantitative estimate of drug-likeness (QED) is 0.601. The molecule has 2 amide bonds. The number of carbonyl (C=O) groups is 2. The van der Waals surface area contributed by atoms with Crippen LogP contribution in [0, 0.1) is 5.82 Å². The number of benzene rings is 3. The minimum atomic E-state index is -1.13. The first-order valence-electron chi connectivity index (χ1n) is 10.2.